The van der Waals surface area contributed by atoms with Crippen LogP contribution < -0.4 is 10.6 Å². The Morgan fingerprint density at radius 2 is 2.04 bits per heavy atom. The molecule has 0 aliphatic carbocycles. The van der Waals surface area contributed by atoms with Crippen molar-refractivity contribution in [3.63, 3.8) is 0 Å². The molecule has 0 unspecified atom stereocenters. The van der Waals surface area contributed by atoms with E-state index in [1.54, 1.807) is 7.11 Å². The second kappa shape index (κ2) is 11.8. The average Bonchev–Trinajstić information content (AvgIpc) is 2.66. The number of hydrogen-bond donors (Lipinski definition) is 2. The first-order valence-corrected chi connectivity index (χ1v) is 9.76. The molecule has 1 aliphatic heterocycles. The molecule has 0 spiro atoms. The number of aliphatic imine (C=N–C) groups is 1. The number of ether oxygens (including phenoxy) is 1. The number of nitrogens with one attached hydrogen (secondary N) is 2. The summed E-state index contributed by atoms with van der Waals surface area (Å²) >= 11 is 6.07. The fourth-order valence-electron chi connectivity index (χ4n) is 2.93. The quantitative estimate of drug-likeness (QED) is 0.393. The smallest absolute Gasteiger partial charge is 0.241 e. The Hall–Kier alpha value is -1.83. The van der Waals surface area contributed by atoms with Crippen LogP contribution in [0.25, 0.3) is 0 Å². The molecule has 0 radical (unpaired) electrons. The summed E-state index contributed by atoms with van der Waals surface area (Å²) in [6.07, 6.45) is 0. The Bertz CT molecular complexity index is 618. The summed E-state index contributed by atoms with van der Waals surface area (Å²) < 4.78 is 4.93. The Kier molecular flexibility index (Phi) is 9.38. The van der Waals surface area contributed by atoms with Gasteiger partial charge in [-0.3, -0.25) is 9.69 Å². The normalized spacial score (nSPS) is 15.7. The van der Waals surface area contributed by atoms with Gasteiger partial charge in [0.05, 0.1) is 6.61 Å². The molecule has 1 aromatic rings. The lowest BCUT2D eigenvalue weighted by atomic mass is 10.2. The van der Waals surface area contributed by atoms with Crippen molar-refractivity contribution >= 4 is 23.5 Å². The number of halogens is 1. The van der Waals surface area contributed by atoms with Crippen molar-refractivity contribution in [2.24, 2.45) is 4.99 Å². The lowest BCUT2D eigenvalue weighted by molar-refractivity contribution is -0.119. The molecule has 1 aliphatic rings. The lowest BCUT2D eigenvalue weighted by Gasteiger charge is -2.36. The van der Waals surface area contributed by atoms with Gasteiger partial charge in [0, 0.05) is 57.9 Å². The molecular formula is C19H30ClN5O2. The number of carbonyl (C=O) groups excluding carboxylic acids is 1. The molecule has 2 rings (SSSR count). The van der Waals surface area contributed by atoms with E-state index in [9.17, 15) is 4.79 Å². The van der Waals surface area contributed by atoms with Gasteiger partial charge < -0.3 is 20.3 Å². The zero-order valence-corrected chi connectivity index (χ0v) is 17.0. The van der Waals surface area contributed by atoms with Gasteiger partial charge in [-0.05, 0) is 24.6 Å². The molecule has 1 saturated heterocycles. The van der Waals surface area contributed by atoms with Crippen LogP contribution >= 0.6 is 11.6 Å². The highest BCUT2D eigenvalue weighted by molar-refractivity contribution is 6.30. The van der Waals surface area contributed by atoms with Crippen LogP contribution in [0.2, 0.25) is 5.02 Å². The molecule has 0 atom stereocenters. The number of amides is 1. The summed E-state index contributed by atoms with van der Waals surface area (Å²) in [7, 11) is 1.61. The maximum Gasteiger partial charge on any atom is 0.241 e. The third-order valence-electron chi connectivity index (χ3n) is 4.30. The average molecular weight is 396 g/mol. The first-order chi connectivity index (χ1) is 13.1. The van der Waals surface area contributed by atoms with E-state index in [4.69, 9.17) is 16.3 Å². The van der Waals surface area contributed by atoms with Gasteiger partial charge >= 0.3 is 0 Å². The number of carbonyl (C=O) groups is 1. The SMILES string of the molecule is CCNC(=NCC(=O)NCCOC)N1CCN(Cc2cccc(Cl)c2)CC1. The summed E-state index contributed by atoms with van der Waals surface area (Å²) in [4.78, 5) is 20.9. The third-order valence-corrected chi connectivity index (χ3v) is 4.54. The van der Waals surface area contributed by atoms with Crippen molar-refractivity contribution in [2.45, 2.75) is 13.5 Å². The van der Waals surface area contributed by atoms with Crippen LogP contribution in [0.3, 0.4) is 0 Å². The van der Waals surface area contributed by atoms with Gasteiger partial charge in [0.2, 0.25) is 5.91 Å². The molecule has 8 heteroatoms. The van der Waals surface area contributed by atoms with Gasteiger partial charge in [0.15, 0.2) is 5.96 Å². The van der Waals surface area contributed by atoms with Gasteiger partial charge in [0.25, 0.3) is 0 Å². The highest BCUT2D eigenvalue weighted by Crippen LogP contribution is 2.14. The van der Waals surface area contributed by atoms with Crippen molar-refractivity contribution in [1.29, 1.82) is 0 Å². The Balaban J connectivity index is 1.83. The van der Waals surface area contributed by atoms with Crippen LogP contribution in [0.1, 0.15) is 12.5 Å². The first-order valence-electron chi connectivity index (χ1n) is 9.38. The van der Waals surface area contributed by atoms with Crippen molar-refractivity contribution in [1.82, 2.24) is 20.4 Å². The largest absolute Gasteiger partial charge is 0.383 e. The summed E-state index contributed by atoms with van der Waals surface area (Å²) in [6, 6.07) is 8.00. The number of methoxy groups -OCH3 is 1. The predicted octanol–water partition coefficient (Wildman–Crippen LogP) is 1.19. The molecule has 27 heavy (non-hydrogen) atoms. The van der Waals surface area contributed by atoms with Gasteiger partial charge in [0.1, 0.15) is 6.54 Å². The zero-order valence-electron chi connectivity index (χ0n) is 16.2. The molecule has 0 saturated carbocycles. The predicted molar refractivity (Wildman–Crippen MR) is 109 cm³/mol. The molecule has 7 nitrogen and oxygen atoms in total. The summed E-state index contributed by atoms with van der Waals surface area (Å²) in [5.41, 5.74) is 1.23. The summed E-state index contributed by atoms with van der Waals surface area (Å²) in [5, 5.41) is 6.84. The van der Waals surface area contributed by atoms with Gasteiger partial charge in [-0.1, -0.05) is 23.7 Å². The van der Waals surface area contributed by atoms with E-state index in [1.165, 1.54) is 5.56 Å². The molecule has 150 valence electrons. The minimum atomic E-state index is -0.0953. The fourth-order valence-corrected chi connectivity index (χ4v) is 3.15. The second-order valence-electron chi connectivity index (χ2n) is 6.41. The topological polar surface area (TPSA) is 69.2 Å². The maximum absolute atomic E-state index is 11.9. The molecule has 0 aromatic heterocycles. The molecular weight excluding hydrogens is 366 g/mol. The molecule has 1 amide bonds. The van der Waals surface area contributed by atoms with E-state index in [0.717, 1.165) is 50.3 Å². The molecule has 1 fully saturated rings. The Morgan fingerprint density at radius 3 is 2.70 bits per heavy atom. The van der Waals surface area contributed by atoms with Gasteiger partial charge in [-0.15, -0.1) is 0 Å². The zero-order chi connectivity index (χ0) is 19.5. The van der Waals surface area contributed by atoms with E-state index in [1.807, 2.05) is 25.1 Å². The summed E-state index contributed by atoms with van der Waals surface area (Å²) in [6.45, 7) is 8.45. The van der Waals surface area contributed by atoms with Crippen molar-refractivity contribution in [3.8, 4) is 0 Å². The number of piperazine rings is 1. The van der Waals surface area contributed by atoms with Crippen molar-refractivity contribution < 1.29 is 9.53 Å². The number of nitrogens with zero attached hydrogens (tertiary/aromatic N) is 3. The van der Waals surface area contributed by atoms with E-state index in [-0.39, 0.29) is 12.5 Å². The highest BCUT2D eigenvalue weighted by Gasteiger charge is 2.20. The molecule has 1 aromatic carbocycles. The second-order valence-corrected chi connectivity index (χ2v) is 6.84. The molecule has 1 heterocycles. The van der Waals surface area contributed by atoms with Crippen LogP contribution in [0.4, 0.5) is 0 Å². The van der Waals surface area contributed by atoms with E-state index in [0.29, 0.717) is 13.2 Å². The van der Waals surface area contributed by atoms with Gasteiger partial charge in [-0.2, -0.15) is 0 Å². The van der Waals surface area contributed by atoms with Crippen molar-refractivity contribution in [2.75, 3.05) is 59.5 Å². The molecule has 2 N–H and O–H groups in total. The first kappa shape index (κ1) is 21.5. The number of hydrogen-bond acceptors (Lipinski definition) is 4. The number of guanidine groups is 1. The Morgan fingerprint density at radius 1 is 1.26 bits per heavy atom. The summed E-state index contributed by atoms with van der Waals surface area (Å²) in [5.74, 6) is 0.698. The fraction of sp³-hybridized carbons (Fsp3) is 0.579. The molecule has 0 bridgehead atoms. The lowest BCUT2D eigenvalue weighted by Crippen LogP contribution is -2.52. The van der Waals surface area contributed by atoms with Crippen LogP contribution in [0.5, 0.6) is 0 Å². The van der Waals surface area contributed by atoms with E-state index in [2.05, 4.69) is 31.5 Å². The van der Waals surface area contributed by atoms with Crippen LogP contribution in [0.15, 0.2) is 29.3 Å². The minimum absolute atomic E-state index is 0.0953. The van der Waals surface area contributed by atoms with Crippen molar-refractivity contribution in [3.05, 3.63) is 34.9 Å². The monoisotopic (exact) mass is 395 g/mol. The maximum atomic E-state index is 11.9. The van der Waals surface area contributed by atoms with E-state index < -0.39 is 0 Å². The standard InChI is InChI=1S/C19H30ClN5O2/c1-3-21-19(23-14-18(26)22-7-12-27-2)25-10-8-24(9-11-25)15-16-5-4-6-17(20)13-16/h4-6,13H,3,7-12,14-15H2,1-2H3,(H,21,23)(H,22,26). The van der Waals surface area contributed by atoms with Crippen LogP contribution in [0, 0.1) is 0 Å². The van der Waals surface area contributed by atoms with Gasteiger partial charge in [-0.25, -0.2) is 4.99 Å². The highest BCUT2D eigenvalue weighted by atomic mass is 35.5. The number of benzene rings is 1. The van der Waals surface area contributed by atoms with Crippen LogP contribution in [-0.2, 0) is 16.1 Å². The van der Waals surface area contributed by atoms with Crippen LogP contribution in [-0.4, -0.2) is 81.2 Å². The Labute approximate surface area is 166 Å². The third kappa shape index (κ3) is 7.74. The minimum Gasteiger partial charge on any atom is -0.383 e. The van der Waals surface area contributed by atoms with E-state index >= 15 is 0 Å². The number of rotatable bonds is 8.